The van der Waals surface area contributed by atoms with Gasteiger partial charge in [0.2, 0.25) is 0 Å². The van der Waals surface area contributed by atoms with Gasteiger partial charge in [0.15, 0.2) is 0 Å². The van der Waals surface area contributed by atoms with Crippen LogP contribution < -0.4 is 5.32 Å². The molecule has 1 amide bonds. The van der Waals surface area contributed by atoms with Gasteiger partial charge in [-0.15, -0.1) is 0 Å². The zero-order chi connectivity index (χ0) is 25.5. The summed E-state index contributed by atoms with van der Waals surface area (Å²) in [6.07, 6.45) is 1.78. The summed E-state index contributed by atoms with van der Waals surface area (Å²) >= 11 is 6.30. The van der Waals surface area contributed by atoms with Crippen LogP contribution in [0.15, 0.2) is 66.9 Å². The van der Waals surface area contributed by atoms with Gasteiger partial charge in [-0.1, -0.05) is 48.0 Å². The molecule has 0 saturated heterocycles. The number of halogens is 2. The SMILES string of the molecule is Cc1ccc(-c2ccc(C#N)cc2Cl)c2ncccc12.Cc1cccc(F)c1C(=O)NCC(=O)O. The number of aliphatic carboxylic acids is 1. The Morgan fingerprint density at radius 1 is 1.06 bits per heavy atom. The summed E-state index contributed by atoms with van der Waals surface area (Å²) in [6.45, 7) is 3.12. The molecule has 8 heteroatoms. The van der Waals surface area contributed by atoms with Gasteiger partial charge in [0.1, 0.15) is 12.4 Å². The zero-order valence-corrected chi connectivity index (χ0v) is 19.7. The highest BCUT2D eigenvalue weighted by Crippen LogP contribution is 2.34. The number of carbonyl (C=O) groups is 2. The number of nitriles is 1. The molecule has 3 aromatic carbocycles. The predicted octanol–water partition coefficient (Wildman–Crippen LogP) is 5.68. The molecule has 4 rings (SSSR count). The average Bonchev–Trinajstić information content (AvgIpc) is 2.84. The second kappa shape index (κ2) is 11.2. The Hall–Kier alpha value is -4.28. The van der Waals surface area contributed by atoms with Crippen molar-refractivity contribution in [3.8, 4) is 17.2 Å². The normalized spacial score (nSPS) is 10.1. The maximum Gasteiger partial charge on any atom is 0.322 e. The van der Waals surface area contributed by atoms with E-state index in [9.17, 15) is 14.0 Å². The molecule has 176 valence electrons. The molecule has 6 nitrogen and oxygen atoms in total. The largest absolute Gasteiger partial charge is 0.480 e. The van der Waals surface area contributed by atoms with Crippen molar-refractivity contribution in [2.75, 3.05) is 6.54 Å². The summed E-state index contributed by atoms with van der Waals surface area (Å²) in [5.74, 6) is -2.54. The third kappa shape index (κ3) is 5.99. The smallest absolute Gasteiger partial charge is 0.322 e. The van der Waals surface area contributed by atoms with Crippen LogP contribution in [-0.4, -0.2) is 28.5 Å². The van der Waals surface area contributed by atoms with Crippen LogP contribution in [0.1, 0.15) is 27.0 Å². The van der Waals surface area contributed by atoms with Crippen LogP contribution in [0.3, 0.4) is 0 Å². The van der Waals surface area contributed by atoms with Gasteiger partial charge >= 0.3 is 5.97 Å². The van der Waals surface area contributed by atoms with E-state index in [0.29, 0.717) is 16.1 Å². The standard InChI is InChI=1S/C17H11ClN2.C10H10FNO3/c1-11-4-6-15(17-13(11)3-2-8-20-17)14-7-5-12(10-19)9-16(14)18;1-6-3-2-4-7(11)9(6)10(15)12-5-8(13)14/h2-9H,1H3;2-4H,5H2,1H3,(H,12,15)(H,13,14). The van der Waals surface area contributed by atoms with Crippen molar-refractivity contribution >= 4 is 34.4 Å². The third-order valence-electron chi connectivity index (χ3n) is 5.23. The van der Waals surface area contributed by atoms with E-state index in [1.807, 2.05) is 18.2 Å². The van der Waals surface area contributed by atoms with Gasteiger partial charge in [0.05, 0.1) is 22.7 Å². The number of fused-ring (bicyclic) bond motifs is 1. The van der Waals surface area contributed by atoms with E-state index in [0.717, 1.165) is 28.1 Å². The summed E-state index contributed by atoms with van der Waals surface area (Å²) in [6, 6.07) is 19.7. The lowest BCUT2D eigenvalue weighted by Crippen LogP contribution is -2.30. The number of hydrogen-bond donors (Lipinski definition) is 2. The Kier molecular flexibility index (Phi) is 8.13. The van der Waals surface area contributed by atoms with Gasteiger partial charge < -0.3 is 10.4 Å². The van der Waals surface area contributed by atoms with Crippen molar-refractivity contribution in [3.05, 3.63) is 100.0 Å². The van der Waals surface area contributed by atoms with Gasteiger partial charge in [-0.25, -0.2) is 4.39 Å². The molecule has 1 heterocycles. The summed E-state index contributed by atoms with van der Waals surface area (Å²) in [4.78, 5) is 26.1. The van der Waals surface area contributed by atoms with E-state index in [4.69, 9.17) is 22.0 Å². The molecule has 0 aliphatic carbocycles. The molecular weight excluding hydrogens is 469 g/mol. The van der Waals surface area contributed by atoms with Crippen molar-refractivity contribution in [2.45, 2.75) is 13.8 Å². The number of aryl methyl sites for hydroxylation is 2. The summed E-state index contributed by atoms with van der Waals surface area (Å²) in [7, 11) is 0. The van der Waals surface area contributed by atoms with E-state index >= 15 is 0 Å². The van der Waals surface area contributed by atoms with Crippen LogP contribution in [0.4, 0.5) is 4.39 Å². The van der Waals surface area contributed by atoms with Crippen LogP contribution in [0.2, 0.25) is 5.02 Å². The number of hydrogen-bond acceptors (Lipinski definition) is 4. The Balaban J connectivity index is 0.000000205. The van der Waals surface area contributed by atoms with Crippen molar-refractivity contribution < 1.29 is 19.1 Å². The van der Waals surface area contributed by atoms with Gasteiger partial charge in [-0.2, -0.15) is 5.26 Å². The molecule has 4 aromatic rings. The Bertz CT molecular complexity index is 1440. The number of amides is 1. The molecule has 0 unspecified atom stereocenters. The minimum absolute atomic E-state index is 0.112. The number of carboxylic acids is 1. The van der Waals surface area contributed by atoms with Gasteiger partial charge in [0, 0.05) is 27.7 Å². The second-order valence-electron chi connectivity index (χ2n) is 7.64. The van der Waals surface area contributed by atoms with Crippen LogP contribution in [-0.2, 0) is 4.79 Å². The number of carbonyl (C=O) groups excluding carboxylic acids is 1. The number of rotatable bonds is 4. The monoisotopic (exact) mass is 489 g/mol. The Morgan fingerprint density at radius 2 is 1.80 bits per heavy atom. The number of benzene rings is 3. The Labute approximate surface area is 206 Å². The maximum absolute atomic E-state index is 13.2. The topological polar surface area (TPSA) is 103 Å². The molecule has 35 heavy (non-hydrogen) atoms. The minimum atomic E-state index is -1.17. The zero-order valence-electron chi connectivity index (χ0n) is 19.0. The molecule has 0 radical (unpaired) electrons. The predicted molar refractivity (Wildman–Crippen MR) is 133 cm³/mol. The lowest BCUT2D eigenvalue weighted by Gasteiger charge is -2.10. The molecule has 2 N–H and O–H groups in total. The van der Waals surface area contributed by atoms with Crippen molar-refractivity contribution in [1.29, 1.82) is 5.26 Å². The van der Waals surface area contributed by atoms with Crippen LogP contribution in [0.5, 0.6) is 0 Å². The first-order chi connectivity index (χ1) is 16.7. The first-order valence-electron chi connectivity index (χ1n) is 10.5. The third-order valence-corrected chi connectivity index (χ3v) is 5.54. The van der Waals surface area contributed by atoms with Crippen LogP contribution >= 0.6 is 11.6 Å². The first-order valence-corrected chi connectivity index (χ1v) is 10.9. The number of carboxylic acid groups (broad SMARTS) is 1. The quantitative estimate of drug-likeness (QED) is 0.383. The summed E-state index contributed by atoms with van der Waals surface area (Å²) in [5.41, 5.74) is 4.91. The molecular formula is C27H21ClFN3O3. The van der Waals surface area contributed by atoms with Crippen molar-refractivity contribution in [1.82, 2.24) is 10.3 Å². The van der Waals surface area contributed by atoms with Crippen LogP contribution in [0.25, 0.3) is 22.0 Å². The molecule has 1 aromatic heterocycles. The number of nitrogens with one attached hydrogen (secondary N) is 1. The van der Waals surface area contributed by atoms with Gasteiger partial charge in [-0.05, 0) is 49.2 Å². The van der Waals surface area contributed by atoms with Crippen molar-refractivity contribution in [2.24, 2.45) is 0 Å². The van der Waals surface area contributed by atoms with E-state index in [1.54, 1.807) is 31.3 Å². The fraction of sp³-hybridized carbons (Fsp3) is 0.111. The first kappa shape index (κ1) is 25.3. The molecule has 0 fully saturated rings. The molecule has 0 spiro atoms. The second-order valence-corrected chi connectivity index (χ2v) is 8.05. The van der Waals surface area contributed by atoms with Crippen molar-refractivity contribution in [3.63, 3.8) is 0 Å². The Morgan fingerprint density at radius 3 is 2.46 bits per heavy atom. The highest BCUT2D eigenvalue weighted by molar-refractivity contribution is 6.33. The summed E-state index contributed by atoms with van der Waals surface area (Å²) in [5, 5.41) is 21.0. The van der Waals surface area contributed by atoms with Crippen LogP contribution in [0, 0.1) is 31.0 Å². The van der Waals surface area contributed by atoms with E-state index in [2.05, 4.69) is 35.4 Å². The fourth-order valence-electron chi connectivity index (χ4n) is 3.50. The van der Waals surface area contributed by atoms with Gasteiger partial charge in [0.25, 0.3) is 5.91 Å². The number of pyridine rings is 1. The number of aromatic nitrogens is 1. The molecule has 0 saturated carbocycles. The molecule has 0 aliphatic heterocycles. The number of nitrogens with zero attached hydrogens (tertiary/aromatic N) is 2. The highest BCUT2D eigenvalue weighted by Gasteiger charge is 2.14. The van der Waals surface area contributed by atoms with E-state index in [1.165, 1.54) is 11.6 Å². The van der Waals surface area contributed by atoms with Gasteiger partial charge in [-0.3, -0.25) is 14.6 Å². The summed E-state index contributed by atoms with van der Waals surface area (Å²) < 4.78 is 13.2. The fourth-order valence-corrected chi connectivity index (χ4v) is 3.78. The van der Waals surface area contributed by atoms with E-state index < -0.39 is 24.2 Å². The lowest BCUT2D eigenvalue weighted by atomic mass is 9.98. The molecule has 0 bridgehead atoms. The minimum Gasteiger partial charge on any atom is -0.480 e. The average molecular weight is 490 g/mol. The lowest BCUT2D eigenvalue weighted by molar-refractivity contribution is -0.135. The highest BCUT2D eigenvalue weighted by atomic mass is 35.5. The maximum atomic E-state index is 13.2. The van der Waals surface area contributed by atoms with E-state index in [-0.39, 0.29) is 5.56 Å². The molecule has 0 aliphatic rings. The molecule has 0 atom stereocenters.